The summed E-state index contributed by atoms with van der Waals surface area (Å²) >= 11 is 8.60. The van der Waals surface area contributed by atoms with Crippen LogP contribution in [0.1, 0.15) is 36.2 Å². The average Bonchev–Trinajstić information content (AvgIpc) is 2.63. The number of nitrogens with one attached hydrogen (secondary N) is 2. The molecule has 2 aromatic rings. The number of nitrogens with zero attached hydrogens (tertiary/aromatic N) is 1. The van der Waals surface area contributed by atoms with Crippen LogP contribution in [0.15, 0.2) is 46.9 Å². The highest BCUT2D eigenvalue weighted by Crippen LogP contribution is 2.26. The molecule has 0 saturated carbocycles. The van der Waals surface area contributed by atoms with Gasteiger partial charge in [-0.05, 0) is 70.8 Å². The SMILES string of the molecule is CC(C)CCOc1ccc(C(=O)NC(=S)Nc2ccccc2C#N)cc1Br. The molecule has 2 aromatic carbocycles. The second kappa shape index (κ2) is 10.0. The molecule has 2 rings (SSSR count). The van der Waals surface area contributed by atoms with Gasteiger partial charge in [-0.25, -0.2) is 0 Å². The van der Waals surface area contributed by atoms with E-state index in [9.17, 15) is 4.79 Å². The molecule has 0 fully saturated rings. The summed E-state index contributed by atoms with van der Waals surface area (Å²) in [6, 6.07) is 14.1. The van der Waals surface area contributed by atoms with Crippen molar-refractivity contribution in [1.82, 2.24) is 5.32 Å². The number of anilines is 1. The van der Waals surface area contributed by atoms with Gasteiger partial charge in [0.05, 0.1) is 22.3 Å². The van der Waals surface area contributed by atoms with Gasteiger partial charge in [0, 0.05) is 5.56 Å². The van der Waals surface area contributed by atoms with Crippen LogP contribution in [0.2, 0.25) is 0 Å². The number of hydrogen-bond acceptors (Lipinski definition) is 4. The molecule has 140 valence electrons. The zero-order valence-electron chi connectivity index (χ0n) is 15.1. The van der Waals surface area contributed by atoms with Crippen molar-refractivity contribution in [2.24, 2.45) is 5.92 Å². The molecule has 0 radical (unpaired) electrons. The number of para-hydroxylation sites is 1. The van der Waals surface area contributed by atoms with Gasteiger partial charge in [0.25, 0.3) is 5.91 Å². The van der Waals surface area contributed by atoms with Gasteiger partial charge in [0.1, 0.15) is 11.8 Å². The molecule has 7 heteroatoms. The van der Waals surface area contributed by atoms with Crippen LogP contribution in [0, 0.1) is 17.2 Å². The number of thiocarbonyl (C=S) groups is 1. The number of carbonyl (C=O) groups is 1. The van der Waals surface area contributed by atoms with Crippen molar-refractivity contribution in [3.05, 3.63) is 58.1 Å². The fourth-order valence-electron chi connectivity index (χ4n) is 2.18. The van der Waals surface area contributed by atoms with Gasteiger partial charge in [-0.3, -0.25) is 10.1 Å². The summed E-state index contributed by atoms with van der Waals surface area (Å²) in [6.45, 7) is 4.89. The molecule has 1 amide bonds. The minimum atomic E-state index is -0.351. The fraction of sp³-hybridized carbons (Fsp3) is 0.250. The summed E-state index contributed by atoms with van der Waals surface area (Å²) in [7, 11) is 0. The molecule has 0 saturated heterocycles. The minimum absolute atomic E-state index is 0.121. The van der Waals surface area contributed by atoms with E-state index in [1.165, 1.54) is 0 Å². The van der Waals surface area contributed by atoms with Crippen LogP contribution in [-0.2, 0) is 0 Å². The van der Waals surface area contributed by atoms with Crippen LogP contribution in [-0.4, -0.2) is 17.6 Å². The Labute approximate surface area is 172 Å². The molecule has 0 aliphatic carbocycles. The summed E-state index contributed by atoms with van der Waals surface area (Å²) < 4.78 is 6.42. The lowest BCUT2D eigenvalue weighted by Gasteiger charge is -2.12. The molecule has 27 heavy (non-hydrogen) atoms. The van der Waals surface area contributed by atoms with Gasteiger partial charge in [0.15, 0.2) is 5.11 Å². The first-order valence-corrected chi connectivity index (χ1v) is 9.64. The molecule has 0 spiro atoms. The Bertz CT molecular complexity index is 878. The summed E-state index contributed by atoms with van der Waals surface area (Å²) in [5.41, 5.74) is 1.43. The lowest BCUT2D eigenvalue weighted by Crippen LogP contribution is -2.34. The van der Waals surface area contributed by atoms with Gasteiger partial charge in [-0.2, -0.15) is 5.26 Å². The van der Waals surface area contributed by atoms with Crippen LogP contribution < -0.4 is 15.4 Å². The first kappa shape index (κ1) is 20.9. The van der Waals surface area contributed by atoms with E-state index in [0.717, 1.165) is 6.42 Å². The average molecular weight is 446 g/mol. The van der Waals surface area contributed by atoms with Crippen molar-refractivity contribution in [2.45, 2.75) is 20.3 Å². The quantitative estimate of drug-likeness (QED) is 0.620. The third-order valence-corrected chi connectivity index (χ3v) is 4.49. The van der Waals surface area contributed by atoms with Gasteiger partial charge in [0.2, 0.25) is 0 Å². The molecular formula is C20H20BrN3O2S. The maximum absolute atomic E-state index is 12.4. The Kier molecular flexibility index (Phi) is 7.77. The van der Waals surface area contributed by atoms with Crippen LogP contribution >= 0.6 is 28.1 Å². The third-order valence-electron chi connectivity index (χ3n) is 3.67. The number of halogens is 1. The van der Waals surface area contributed by atoms with Crippen LogP contribution in [0.4, 0.5) is 5.69 Å². The highest BCUT2D eigenvalue weighted by molar-refractivity contribution is 9.10. The molecule has 0 aromatic heterocycles. The molecule has 5 nitrogen and oxygen atoms in total. The van der Waals surface area contributed by atoms with Gasteiger partial charge in [-0.1, -0.05) is 26.0 Å². The largest absolute Gasteiger partial charge is 0.492 e. The summed E-state index contributed by atoms with van der Waals surface area (Å²) in [6.07, 6.45) is 0.957. The number of rotatable bonds is 6. The van der Waals surface area contributed by atoms with Gasteiger partial charge < -0.3 is 10.1 Å². The number of ether oxygens (including phenoxy) is 1. The van der Waals surface area contributed by atoms with Crippen molar-refractivity contribution in [1.29, 1.82) is 5.26 Å². The first-order chi connectivity index (χ1) is 12.9. The summed E-state index contributed by atoms with van der Waals surface area (Å²) in [5, 5.41) is 14.7. The monoisotopic (exact) mass is 445 g/mol. The van der Waals surface area contributed by atoms with Crippen LogP contribution in [0.25, 0.3) is 0 Å². The Morgan fingerprint density at radius 2 is 2.04 bits per heavy atom. The van der Waals surface area contributed by atoms with Crippen molar-refractivity contribution in [3.63, 3.8) is 0 Å². The highest BCUT2D eigenvalue weighted by Gasteiger charge is 2.12. The highest BCUT2D eigenvalue weighted by atomic mass is 79.9. The van der Waals surface area contributed by atoms with Gasteiger partial charge in [-0.15, -0.1) is 0 Å². The Hall–Kier alpha value is -2.43. The molecule has 0 aliphatic rings. The predicted molar refractivity (Wildman–Crippen MR) is 114 cm³/mol. The number of nitriles is 1. The molecule has 0 heterocycles. The van der Waals surface area contributed by atoms with Crippen molar-refractivity contribution in [3.8, 4) is 11.8 Å². The number of benzene rings is 2. The summed E-state index contributed by atoms with van der Waals surface area (Å²) in [5.74, 6) is 0.903. The van der Waals surface area contributed by atoms with Crippen molar-refractivity contribution >= 4 is 44.9 Å². The van der Waals surface area contributed by atoms with Crippen molar-refractivity contribution < 1.29 is 9.53 Å². The van der Waals surface area contributed by atoms with E-state index >= 15 is 0 Å². The van der Waals surface area contributed by atoms with E-state index in [1.54, 1.807) is 42.5 Å². The van der Waals surface area contributed by atoms with E-state index < -0.39 is 0 Å². The van der Waals surface area contributed by atoms with Crippen molar-refractivity contribution in [2.75, 3.05) is 11.9 Å². The van der Waals surface area contributed by atoms with E-state index in [-0.39, 0.29) is 11.0 Å². The fourth-order valence-corrected chi connectivity index (χ4v) is 2.88. The molecule has 0 atom stereocenters. The van der Waals surface area contributed by atoms with E-state index in [4.69, 9.17) is 22.2 Å². The minimum Gasteiger partial charge on any atom is -0.492 e. The summed E-state index contributed by atoms with van der Waals surface area (Å²) in [4.78, 5) is 12.4. The first-order valence-electron chi connectivity index (χ1n) is 8.44. The molecule has 0 aliphatic heterocycles. The van der Waals surface area contributed by atoms with E-state index in [0.29, 0.717) is 39.6 Å². The maximum atomic E-state index is 12.4. The second-order valence-electron chi connectivity index (χ2n) is 6.24. The zero-order valence-corrected chi connectivity index (χ0v) is 17.5. The number of hydrogen-bond donors (Lipinski definition) is 2. The van der Waals surface area contributed by atoms with Crippen LogP contribution in [0.3, 0.4) is 0 Å². The standard InChI is InChI=1S/C20H20BrN3O2S/c1-13(2)9-10-26-18-8-7-14(11-16(18)21)19(25)24-20(27)23-17-6-4-3-5-15(17)12-22/h3-8,11,13H,9-10H2,1-2H3,(H2,23,24,25,27). The zero-order chi connectivity index (χ0) is 19.8. The molecular weight excluding hydrogens is 426 g/mol. The third kappa shape index (κ3) is 6.35. The number of carbonyl (C=O) groups excluding carboxylic acids is 1. The Morgan fingerprint density at radius 1 is 1.30 bits per heavy atom. The molecule has 0 unspecified atom stereocenters. The Morgan fingerprint density at radius 3 is 2.70 bits per heavy atom. The Balaban J connectivity index is 1.98. The molecule has 0 bridgehead atoms. The lowest BCUT2D eigenvalue weighted by molar-refractivity contribution is 0.0977. The van der Waals surface area contributed by atoms with E-state index in [2.05, 4.69) is 46.5 Å². The van der Waals surface area contributed by atoms with Crippen LogP contribution in [0.5, 0.6) is 5.75 Å². The number of amides is 1. The molecule has 2 N–H and O–H groups in total. The van der Waals surface area contributed by atoms with E-state index in [1.807, 2.05) is 0 Å². The maximum Gasteiger partial charge on any atom is 0.257 e. The van der Waals surface area contributed by atoms with Gasteiger partial charge >= 0.3 is 0 Å². The topological polar surface area (TPSA) is 74.2 Å². The second-order valence-corrected chi connectivity index (χ2v) is 7.50. The predicted octanol–water partition coefficient (Wildman–Crippen LogP) is 4.87. The lowest BCUT2D eigenvalue weighted by atomic mass is 10.1. The smallest absolute Gasteiger partial charge is 0.257 e. The normalized spacial score (nSPS) is 10.2.